The van der Waals surface area contributed by atoms with Crippen molar-refractivity contribution in [1.82, 2.24) is 20.4 Å². The zero-order chi connectivity index (χ0) is 22.1. The molecule has 2 heterocycles. The lowest BCUT2D eigenvalue weighted by atomic mass is 9.84. The number of para-hydroxylation sites is 1. The van der Waals surface area contributed by atoms with Crippen LogP contribution in [0.5, 0.6) is 5.75 Å². The van der Waals surface area contributed by atoms with Crippen LogP contribution < -0.4 is 15.4 Å². The molecule has 2 aliphatic heterocycles. The molecule has 0 unspecified atom stereocenters. The molecule has 0 aromatic heterocycles. The monoisotopic (exact) mass is 565 g/mol. The Hall–Kier alpha value is -1.20. The number of nitrogens with one attached hydrogen (secondary N) is 2. The number of likely N-dealkylation sites (tertiary alicyclic amines) is 2. The first-order valence-corrected chi connectivity index (χ1v) is 11.5. The van der Waals surface area contributed by atoms with Crippen molar-refractivity contribution in [3.63, 3.8) is 0 Å². The van der Waals surface area contributed by atoms with Gasteiger partial charge in [-0.3, -0.25) is 4.90 Å². The van der Waals surface area contributed by atoms with E-state index < -0.39 is 6.61 Å². The van der Waals surface area contributed by atoms with Gasteiger partial charge in [-0.05, 0) is 71.9 Å². The molecule has 0 bridgehead atoms. The number of hydrogen-bond donors (Lipinski definition) is 2. The van der Waals surface area contributed by atoms with Gasteiger partial charge in [0.05, 0.1) is 6.54 Å². The lowest BCUT2D eigenvalue weighted by Crippen LogP contribution is -2.62. The topological polar surface area (TPSA) is 52.1 Å². The fourth-order valence-corrected chi connectivity index (χ4v) is 4.61. The number of piperidine rings is 2. The highest BCUT2D eigenvalue weighted by Crippen LogP contribution is 2.31. The number of hydrogen-bond acceptors (Lipinski definition) is 4. The van der Waals surface area contributed by atoms with Crippen molar-refractivity contribution in [3.05, 3.63) is 29.8 Å². The second kappa shape index (κ2) is 13.5. The van der Waals surface area contributed by atoms with Crippen LogP contribution >= 0.6 is 24.0 Å². The summed E-state index contributed by atoms with van der Waals surface area (Å²) in [4.78, 5) is 9.76. The maximum atomic E-state index is 12.7. The molecule has 1 aromatic rings. The highest BCUT2D eigenvalue weighted by atomic mass is 127. The maximum Gasteiger partial charge on any atom is 0.387 e. The minimum absolute atomic E-state index is 0. The van der Waals surface area contributed by atoms with E-state index in [9.17, 15) is 8.78 Å². The third kappa shape index (κ3) is 7.69. The molecule has 1 aromatic carbocycles. The first kappa shape index (κ1) is 27.0. The fraction of sp³-hybridized carbons (Fsp3) is 0.696. The molecule has 0 atom stereocenters. The predicted molar refractivity (Wildman–Crippen MR) is 136 cm³/mol. The minimum Gasteiger partial charge on any atom is -0.434 e. The molecule has 0 saturated carbocycles. The Kier molecular flexibility index (Phi) is 11.4. The van der Waals surface area contributed by atoms with Crippen LogP contribution in [0.4, 0.5) is 8.78 Å². The Labute approximate surface area is 208 Å². The van der Waals surface area contributed by atoms with Crippen LogP contribution in [0.2, 0.25) is 0 Å². The van der Waals surface area contributed by atoms with Crippen molar-refractivity contribution in [2.45, 2.75) is 57.7 Å². The average molecular weight is 565 g/mol. The standard InChI is InChI=1S/C23H37F2N5O.HI/c1-3-26-22(27-17-19-9-5-6-10-20(19)31-21(24)25)28-18-23(11-15-29(2)16-12-23)30-13-7-4-8-14-30;/h5-6,9-10,21H,3-4,7-8,11-18H2,1-2H3,(H2,26,27,28);1H. The predicted octanol–water partition coefficient (Wildman–Crippen LogP) is 3.91. The van der Waals surface area contributed by atoms with Gasteiger partial charge in [-0.2, -0.15) is 8.78 Å². The van der Waals surface area contributed by atoms with Crippen molar-refractivity contribution < 1.29 is 13.5 Å². The van der Waals surface area contributed by atoms with Gasteiger partial charge in [-0.1, -0.05) is 24.6 Å². The molecule has 3 rings (SSSR count). The molecule has 32 heavy (non-hydrogen) atoms. The molecule has 0 aliphatic carbocycles. The van der Waals surface area contributed by atoms with E-state index in [0.29, 0.717) is 11.5 Å². The van der Waals surface area contributed by atoms with E-state index in [0.717, 1.165) is 52.1 Å². The van der Waals surface area contributed by atoms with E-state index in [1.807, 2.05) is 13.0 Å². The molecule has 2 N–H and O–H groups in total. The third-order valence-corrected chi connectivity index (χ3v) is 6.47. The number of nitrogens with zero attached hydrogens (tertiary/aromatic N) is 3. The van der Waals surface area contributed by atoms with Crippen molar-refractivity contribution in [2.24, 2.45) is 4.99 Å². The van der Waals surface area contributed by atoms with E-state index in [1.165, 1.54) is 19.3 Å². The summed E-state index contributed by atoms with van der Waals surface area (Å²) >= 11 is 0. The van der Waals surface area contributed by atoms with Gasteiger partial charge in [0.15, 0.2) is 5.96 Å². The Morgan fingerprint density at radius 1 is 1.09 bits per heavy atom. The van der Waals surface area contributed by atoms with Crippen LogP contribution in [0, 0.1) is 0 Å². The average Bonchev–Trinajstić information content (AvgIpc) is 2.78. The SMILES string of the molecule is CCNC(=NCc1ccccc1OC(F)F)NCC1(N2CCCCC2)CCN(C)CC1.I. The Morgan fingerprint density at radius 3 is 2.44 bits per heavy atom. The summed E-state index contributed by atoms with van der Waals surface area (Å²) in [6, 6.07) is 6.84. The highest BCUT2D eigenvalue weighted by Gasteiger charge is 2.39. The Morgan fingerprint density at radius 2 is 1.78 bits per heavy atom. The van der Waals surface area contributed by atoms with Gasteiger partial charge in [0.25, 0.3) is 0 Å². The molecule has 0 amide bonds. The van der Waals surface area contributed by atoms with Crippen LogP contribution in [0.1, 0.15) is 44.6 Å². The quantitative estimate of drug-likeness (QED) is 0.285. The Balaban J connectivity index is 0.00000363. The zero-order valence-corrected chi connectivity index (χ0v) is 21.6. The van der Waals surface area contributed by atoms with Crippen LogP contribution in [0.25, 0.3) is 0 Å². The van der Waals surface area contributed by atoms with Crippen molar-refractivity contribution in [2.75, 3.05) is 46.3 Å². The molecule has 0 spiro atoms. The summed E-state index contributed by atoms with van der Waals surface area (Å²) in [7, 11) is 2.19. The molecule has 2 aliphatic rings. The van der Waals surface area contributed by atoms with Crippen molar-refractivity contribution in [3.8, 4) is 5.75 Å². The van der Waals surface area contributed by atoms with Gasteiger partial charge in [0.2, 0.25) is 0 Å². The van der Waals surface area contributed by atoms with Gasteiger partial charge >= 0.3 is 6.61 Å². The van der Waals surface area contributed by atoms with E-state index in [1.54, 1.807) is 18.2 Å². The summed E-state index contributed by atoms with van der Waals surface area (Å²) in [5.41, 5.74) is 0.782. The van der Waals surface area contributed by atoms with Gasteiger partial charge in [0, 0.05) is 24.2 Å². The minimum atomic E-state index is -2.84. The number of benzene rings is 1. The summed E-state index contributed by atoms with van der Waals surface area (Å²) < 4.78 is 30.0. The fourth-order valence-electron chi connectivity index (χ4n) is 4.61. The first-order valence-electron chi connectivity index (χ1n) is 11.5. The van der Waals surface area contributed by atoms with E-state index in [4.69, 9.17) is 0 Å². The van der Waals surface area contributed by atoms with Gasteiger partial charge in [-0.25, -0.2) is 4.99 Å². The maximum absolute atomic E-state index is 12.7. The number of guanidine groups is 1. The summed E-state index contributed by atoms with van der Waals surface area (Å²) in [5, 5.41) is 6.87. The summed E-state index contributed by atoms with van der Waals surface area (Å²) in [6.45, 7) is 5.56. The molecule has 182 valence electrons. The lowest BCUT2D eigenvalue weighted by molar-refractivity contribution is -0.0504. The normalized spacial score (nSPS) is 20.0. The third-order valence-electron chi connectivity index (χ3n) is 6.47. The molecule has 2 fully saturated rings. The summed E-state index contributed by atoms with van der Waals surface area (Å²) in [5.74, 6) is 0.891. The molecule has 2 saturated heterocycles. The second-order valence-corrected chi connectivity index (χ2v) is 8.61. The summed E-state index contributed by atoms with van der Waals surface area (Å²) in [6.07, 6.45) is 6.14. The van der Waals surface area contributed by atoms with Crippen LogP contribution in [-0.4, -0.2) is 74.2 Å². The number of alkyl halides is 2. The van der Waals surface area contributed by atoms with E-state index in [2.05, 4.69) is 37.2 Å². The number of rotatable bonds is 8. The van der Waals surface area contributed by atoms with Gasteiger partial charge in [0.1, 0.15) is 5.75 Å². The highest BCUT2D eigenvalue weighted by molar-refractivity contribution is 14.0. The van der Waals surface area contributed by atoms with Crippen molar-refractivity contribution in [1.29, 1.82) is 0 Å². The van der Waals surface area contributed by atoms with Crippen LogP contribution in [-0.2, 0) is 6.54 Å². The van der Waals surface area contributed by atoms with E-state index in [-0.39, 0.29) is 41.8 Å². The zero-order valence-electron chi connectivity index (χ0n) is 19.3. The largest absolute Gasteiger partial charge is 0.434 e. The van der Waals surface area contributed by atoms with E-state index >= 15 is 0 Å². The number of halogens is 3. The number of aliphatic imine (C=N–C) groups is 1. The van der Waals surface area contributed by atoms with Crippen LogP contribution in [0.3, 0.4) is 0 Å². The van der Waals surface area contributed by atoms with Gasteiger partial charge in [-0.15, -0.1) is 24.0 Å². The second-order valence-electron chi connectivity index (χ2n) is 8.61. The lowest BCUT2D eigenvalue weighted by Gasteiger charge is -2.50. The molecule has 0 radical (unpaired) electrons. The first-order chi connectivity index (χ1) is 15.0. The van der Waals surface area contributed by atoms with Crippen molar-refractivity contribution >= 4 is 29.9 Å². The van der Waals surface area contributed by atoms with Crippen LogP contribution in [0.15, 0.2) is 29.3 Å². The molecular weight excluding hydrogens is 527 g/mol. The number of ether oxygens (including phenoxy) is 1. The molecular formula is C23H38F2IN5O. The smallest absolute Gasteiger partial charge is 0.387 e. The molecule has 9 heteroatoms. The van der Waals surface area contributed by atoms with Gasteiger partial charge < -0.3 is 20.3 Å². The molecule has 6 nitrogen and oxygen atoms in total. The Bertz CT molecular complexity index is 707.